The van der Waals surface area contributed by atoms with Gasteiger partial charge >= 0.3 is 0 Å². The predicted molar refractivity (Wildman–Crippen MR) is 69.5 cm³/mol. The molecule has 2 amide bonds. The van der Waals surface area contributed by atoms with Crippen LogP contribution < -0.4 is 5.32 Å². The smallest absolute Gasteiger partial charge is 0.273 e. The van der Waals surface area contributed by atoms with Crippen molar-refractivity contribution in [1.82, 2.24) is 15.2 Å². The predicted octanol–water partition coefficient (Wildman–Crippen LogP) is 0.965. The molecule has 0 spiro atoms. The van der Waals surface area contributed by atoms with Gasteiger partial charge in [0.25, 0.3) is 5.91 Å². The molecule has 0 bridgehead atoms. The number of nitrogens with one attached hydrogen (secondary N) is 1. The van der Waals surface area contributed by atoms with Gasteiger partial charge in [-0.15, -0.1) is 0 Å². The van der Waals surface area contributed by atoms with Gasteiger partial charge in [0.15, 0.2) is 0 Å². The van der Waals surface area contributed by atoms with E-state index in [0.29, 0.717) is 18.3 Å². The average Bonchev–Trinajstić information content (AvgIpc) is 3.11. The molecular formula is C14H17N3O2. The zero-order valence-electron chi connectivity index (χ0n) is 10.7. The molecule has 1 N–H and O–H groups in total. The number of rotatable bonds is 3. The summed E-state index contributed by atoms with van der Waals surface area (Å²) in [7, 11) is 0. The molecule has 1 saturated heterocycles. The molecule has 5 heteroatoms. The van der Waals surface area contributed by atoms with Crippen LogP contribution in [0.5, 0.6) is 0 Å². The van der Waals surface area contributed by atoms with Gasteiger partial charge in [0.2, 0.25) is 5.91 Å². The van der Waals surface area contributed by atoms with E-state index in [1.54, 1.807) is 29.3 Å². The maximum absolute atomic E-state index is 12.3. The summed E-state index contributed by atoms with van der Waals surface area (Å²) in [5.74, 6) is -0.154. The van der Waals surface area contributed by atoms with Crippen molar-refractivity contribution in [3.05, 3.63) is 30.1 Å². The molecule has 1 aliphatic carbocycles. The van der Waals surface area contributed by atoms with Crippen LogP contribution in [0.3, 0.4) is 0 Å². The first kappa shape index (κ1) is 12.1. The Hall–Kier alpha value is -1.91. The van der Waals surface area contributed by atoms with E-state index in [-0.39, 0.29) is 17.9 Å². The monoisotopic (exact) mass is 259 g/mol. The summed E-state index contributed by atoms with van der Waals surface area (Å²) in [6.45, 7) is 0.637. The van der Waals surface area contributed by atoms with Gasteiger partial charge in [-0.3, -0.25) is 14.6 Å². The largest absolute Gasteiger partial charge is 0.352 e. The van der Waals surface area contributed by atoms with Crippen molar-refractivity contribution >= 4 is 11.8 Å². The van der Waals surface area contributed by atoms with Crippen molar-refractivity contribution < 1.29 is 9.59 Å². The van der Waals surface area contributed by atoms with E-state index in [1.165, 1.54) is 0 Å². The van der Waals surface area contributed by atoms with Gasteiger partial charge in [-0.25, -0.2) is 0 Å². The lowest BCUT2D eigenvalue weighted by Crippen LogP contribution is -2.46. The molecule has 2 aliphatic rings. The molecular weight excluding hydrogens is 242 g/mol. The highest BCUT2D eigenvalue weighted by Gasteiger charge is 2.36. The first-order valence-electron chi connectivity index (χ1n) is 6.78. The zero-order chi connectivity index (χ0) is 13.2. The van der Waals surface area contributed by atoms with Crippen molar-refractivity contribution in [2.45, 2.75) is 37.8 Å². The van der Waals surface area contributed by atoms with E-state index in [1.807, 2.05) is 0 Å². The molecule has 2 heterocycles. The van der Waals surface area contributed by atoms with E-state index in [0.717, 1.165) is 25.7 Å². The minimum absolute atomic E-state index is 0.00992. The van der Waals surface area contributed by atoms with Gasteiger partial charge in [0, 0.05) is 18.8 Å². The van der Waals surface area contributed by atoms with Crippen LogP contribution in [0.4, 0.5) is 0 Å². The topological polar surface area (TPSA) is 62.3 Å². The van der Waals surface area contributed by atoms with Gasteiger partial charge in [0.05, 0.1) is 0 Å². The van der Waals surface area contributed by atoms with Crippen molar-refractivity contribution in [3.63, 3.8) is 0 Å². The molecule has 100 valence electrons. The molecule has 5 nitrogen and oxygen atoms in total. The molecule has 1 aromatic heterocycles. The van der Waals surface area contributed by atoms with Crippen LogP contribution >= 0.6 is 0 Å². The second-order valence-electron chi connectivity index (χ2n) is 5.15. The van der Waals surface area contributed by atoms with Crippen LogP contribution in [-0.2, 0) is 4.79 Å². The Morgan fingerprint density at radius 1 is 1.26 bits per heavy atom. The highest BCUT2D eigenvalue weighted by Crippen LogP contribution is 2.23. The van der Waals surface area contributed by atoms with Gasteiger partial charge in [-0.2, -0.15) is 0 Å². The maximum Gasteiger partial charge on any atom is 0.273 e. The van der Waals surface area contributed by atoms with E-state index in [2.05, 4.69) is 10.3 Å². The molecule has 3 rings (SSSR count). The molecule has 0 radical (unpaired) electrons. The van der Waals surface area contributed by atoms with Gasteiger partial charge in [0.1, 0.15) is 11.7 Å². The lowest BCUT2D eigenvalue weighted by atomic mass is 10.2. The summed E-state index contributed by atoms with van der Waals surface area (Å²) in [6.07, 6.45) is 5.35. The second kappa shape index (κ2) is 4.99. The Balaban J connectivity index is 1.71. The Morgan fingerprint density at radius 2 is 2.11 bits per heavy atom. The van der Waals surface area contributed by atoms with E-state index < -0.39 is 0 Å². The van der Waals surface area contributed by atoms with Gasteiger partial charge < -0.3 is 10.2 Å². The lowest BCUT2D eigenvalue weighted by Gasteiger charge is -2.23. The quantitative estimate of drug-likeness (QED) is 0.879. The van der Waals surface area contributed by atoms with Crippen molar-refractivity contribution in [3.8, 4) is 0 Å². The number of carbonyl (C=O) groups excluding carboxylic acids is 2. The number of carbonyl (C=O) groups is 2. The third kappa shape index (κ3) is 2.59. The minimum atomic E-state index is -0.324. The standard InChI is InChI=1S/C14H17N3O2/c18-13(16-10-6-7-10)12-5-3-9-17(12)14(19)11-4-1-2-8-15-11/h1-2,4,8,10,12H,3,5-7,9H2,(H,16,18). The summed E-state index contributed by atoms with van der Waals surface area (Å²) in [5, 5.41) is 2.98. The molecule has 0 aromatic carbocycles. The number of nitrogens with zero attached hydrogens (tertiary/aromatic N) is 2. The summed E-state index contributed by atoms with van der Waals surface area (Å²) in [4.78, 5) is 30.2. The number of likely N-dealkylation sites (tertiary alicyclic amines) is 1. The lowest BCUT2D eigenvalue weighted by molar-refractivity contribution is -0.125. The highest BCUT2D eigenvalue weighted by molar-refractivity contribution is 5.96. The van der Waals surface area contributed by atoms with Crippen LogP contribution in [0.2, 0.25) is 0 Å². The van der Waals surface area contributed by atoms with Crippen LogP contribution in [0.25, 0.3) is 0 Å². The van der Waals surface area contributed by atoms with E-state index >= 15 is 0 Å². The van der Waals surface area contributed by atoms with E-state index in [9.17, 15) is 9.59 Å². The molecule has 19 heavy (non-hydrogen) atoms. The normalized spacial score (nSPS) is 22.3. The molecule has 1 saturated carbocycles. The fourth-order valence-electron chi connectivity index (χ4n) is 2.44. The Morgan fingerprint density at radius 3 is 2.79 bits per heavy atom. The number of hydrogen-bond donors (Lipinski definition) is 1. The average molecular weight is 259 g/mol. The SMILES string of the molecule is O=C(NC1CC1)C1CCCN1C(=O)c1ccccn1. The van der Waals surface area contributed by atoms with Crippen LogP contribution in [-0.4, -0.2) is 40.3 Å². The fourth-order valence-corrected chi connectivity index (χ4v) is 2.44. The molecule has 1 aromatic rings. The molecule has 1 atom stereocenters. The molecule has 1 aliphatic heterocycles. The van der Waals surface area contributed by atoms with Crippen LogP contribution in [0.15, 0.2) is 24.4 Å². The maximum atomic E-state index is 12.3. The number of pyridine rings is 1. The van der Waals surface area contributed by atoms with Crippen molar-refractivity contribution in [2.24, 2.45) is 0 Å². The Kier molecular flexibility index (Phi) is 3.19. The Bertz CT molecular complexity index is 485. The van der Waals surface area contributed by atoms with E-state index in [4.69, 9.17) is 0 Å². The summed E-state index contributed by atoms with van der Waals surface area (Å²) >= 11 is 0. The Labute approximate surface area is 112 Å². The zero-order valence-corrected chi connectivity index (χ0v) is 10.7. The summed E-state index contributed by atoms with van der Waals surface area (Å²) in [5.41, 5.74) is 0.411. The first-order chi connectivity index (χ1) is 9.25. The third-order valence-electron chi connectivity index (χ3n) is 3.62. The van der Waals surface area contributed by atoms with Crippen molar-refractivity contribution in [1.29, 1.82) is 0 Å². The second-order valence-corrected chi connectivity index (χ2v) is 5.15. The number of amides is 2. The van der Waals surface area contributed by atoms with Crippen LogP contribution in [0.1, 0.15) is 36.2 Å². The minimum Gasteiger partial charge on any atom is -0.352 e. The number of aromatic nitrogens is 1. The van der Waals surface area contributed by atoms with Crippen LogP contribution in [0, 0.1) is 0 Å². The summed E-state index contributed by atoms with van der Waals surface area (Å²) in [6, 6.07) is 5.26. The highest BCUT2D eigenvalue weighted by atomic mass is 16.2. The van der Waals surface area contributed by atoms with Crippen molar-refractivity contribution in [2.75, 3.05) is 6.54 Å². The third-order valence-corrected chi connectivity index (χ3v) is 3.62. The molecule has 1 unspecified atom stereocenters. The first-order valence-corrected chi connectivity index (χ1v) is 6.78. The van der Waals surface area contributed by atoms with Gasteiger partial charge in [-0.1, -0.05) is 6.07 Å². The fraction of sp³-hybridized carbons (Fsp3) is 0.500. The molecule has 2 fully saturated rings. The van der Waals surface area contributed by atoms with Gasteiger partial charge in [-0.05, 0) is 37.8 Å². The number of hydrogen-bond acceptors (Lipinski definition) is 3. The summed E-state index contributed by atoms with van der Waals surface area (Å²) < 4.78 is 0.